The van der Waals surface area contributed by atoms with Crippen molar-refractivity contribution in [1.82, 2.24) is 10.2 Å². The fourth-order valence-electron chi connectivity index (χ4n) is 3.86. The summed E-state index contributed by atoms with van der Waals surface area (Å²) in [5.41, 5.74) is 1.51. The molecule has 1 unspecified atom stereocenters. The second-order valence-corrected chi connectivity index (χ2v) is 7.39. The van der Waals surface area contributed by atoms with Gasteiger partial charge in [-0.05, 0) is 37.0 Å². The van der Waals surface area contributed by atoms with Gasteiger partial charge in [-0.3, -0.25) is 4.90 Å². The first kappa shape index (κ1) is 15.4. The van der Waals surface area contributed by atoms with Crippen molar-refractivity contribution in [3.63, 3.8) is 0 Å². The van der Waals surface area contributed by atoms with Crippen LogP contribution in [0.25, 0.3) is 0 Å². The van der Waals surface area contributed by atoms with Crippen LogP contribution in [0.2, 0.25) is 0 Å². The summed E-state index contributed by atoms with van der Waals surface area (Å²) in [7, 11) is 0. The van der Waals surface area contributed by atoms with Crippen LogP contribution in [-0.4, -0.2) is 29.6 Å². The highest BCUT2D eigenvalue weighted by Crippen LogP contribution is 2.38. The quantitative estimate of drug-likeness (QED) is 0.879. The first-order valence-electron chi connectivity index (χ1n) is 8.05. The van der Waals surface area contributed by atoms with E-state index in [4.69, 9.17) is 0 Å². The van der Waals surface area contributed by atoms with Gasteiger partial charge in [-0.25, -0.2) is 4.39 Å². The van der Waals surface area contributed by atoms with Crippen LogP contribution in [-0.2, 0) is 6.54 Å². The van der Waals surface area contributed by atoms with Gasteiger partial charge in [-0.15, -0.1) is 0 Å². The Hall–Kier alpha value is -0.450. The molecule has 4 heteroatoms. The second kappa shape index (κ2) is 6.35. The standard InChI is InChI=1S/C17H24BrFN2/c1-2-15-11-21(17(12-20-15)7-3-4-8-17)10-13-5-6-14(19)9-16(13)18/h5-6,9,15,20H,2-4,7-8,10-12H2,1H3. The van der Waals surface area contributed by atoms with E-state index >= 15 is 0 Å². The Bertz CT molecular complexity index is 500. The predicted octanol–water partition coefficient (Wildman–Crippen LogP) is 4.08. The van der Waals surface area contributed by atoms with Crippen LogP contribution in [0, 0.1) is 5.82 Å². The van der Waals surface area contributed by atoms with Crippen LogP contribution < -0.4 is 5.32 Å². The molecule has 1 atom stereocenters. The summed E-state index contributed by atoms with van der Waals surface area (Å²) in [5.74, 6) is -0.173. The molecule has 1 aromatic carbocycles. The maximum atomic E-state index is 13.3. The Morgan fingerprint density at radius 2 is 2.14 bits per heavy atom. The van der Waals surface area contributed by atoms with E-state index < -0.39 is 0 Å². The molecule has 1 saturated heterocycles. The largest absolute Gasteiger partial charge is 0.311 e. The van der Waals surface area contributed by atoms with Crippen molar-refractivity contribution in [1.29, 1.82) is 0 Å². The Balaban J connectivity index is 1.81. The van der Waals surface area contributed by atoms with Crippen molar-refractivity contribution in [3.8, 4) is 0 Å². The molecule has 116 valence electrons. The predicted molar refractivity (Wildman–Crippen MR) is 87.8 cm³/mol. The lowest BCUT2D eigenvalue weighted by atomic mass is 9.90. The van der Waals surface area contributed by atoms with Crippen LogP contribution >= 0.6 is 15.9 Å². The van der Waals surface area contributed by atoms with Crippen molar-refractivity contribution in [2.24, 2.45) is 0 Å². The molecular weight excluding hydrogens is 331 g/mol. The van der Waals surface area contributed by atoms with Crippen molar-refractivity contribution in [2.75, 3.05) is 13.1 Å². The van der Waals surface area contributed by atoms with Gasteiger partial charge in [0, 0.05) is 35.7 Å². The average Bonchev–Trinajstić information content (AvgIpc) is 2.94. The van der Waals surface area contributed by atoms with Gasteiger partial charge >= 0.3 is 0 Å². The maximum Gasteiger partial charge on any atom is 0.124 e. The van der Waals surface area contributed by atoms with Crippen molar-refractivity contribution in [2.45, 2.75) is 57.2 Å². The minimum Gasteiger partial charge on any atom is -0.311 e. The van der Waals surface area contributed by atoms with Gasteiger partial charge in [0.15, 0.2) is 0 Å². The number of nitrogens with one attached hydrogen (secondary N) is 1. The third-order valence-corrected chi connectivity index (χ3v) is 5.97. The van der Waals surface area contributed by atoms with Crippen LogP contribution in [0.5, 0.6) is 0 Å². The van der Waals surface area contributed by atoms with Gasteiger partial charge in [0.05, 0.1) is 0 Å². The molecule has 3 rings (SSSR count). The third-order valence-electron chi connectivity index (χ3n) is 5.23. The molecule has 0 radical (unpaired) electrons. The summed E-state index contributed by atoms with van der Waals surface area (Å²) < 4.78 is 14.2. The fraction of sp³-hybridized carbons (Fsp3) is 0.647. The number of halogens is 2. The lowest BCUT2D eigenvalue weighted by Gasteiger charge is -2.48. The minimum atomic E-state index is -0.173. The smallest absolute Gasteiger partial charge is 0.124 e. The van der Waals surface area contributed by atoms with Crippen molar-refractivity contribution in [3.05, 3.63) is 34.1 Å². The highest BCUT2D eigenvalue weighted by molar-refractivity contribution is 9.10. The van der Waals surface area contributed by atoms with E-state index in [1.165, 1.54) is 31.2 Å². The average molecular weight is 355 g/mol. The summed E-state index contributed by atoms with van der Waals surface area (Å²) in [4.78, 5) is 2.66. The molecule has 21 heavy (non-hydrogen) atoms. The zero-order chi connectivity index (χ0) is 14.9. The van der Waals surface area contributed by atoms with Crippen LogP contribution in [0.1, 0.15) is 44.6 Å². The van der Waals surface area contributed by atoms with E-state index in [0.29, 0.717) is 11.6 Å². The highest BCUT2D eigenvalue weighted by atomic mass is 79.9. The molecule has 1 saturated carbocycles. The SMILES string of the molecule is CCC1CN(Cc2ccc(F)cc2Br)C2(CCCC2)CN1. The minimum absolute atomic E-state index is 0.173. The Kier molecular flexibility index (Phi) is 4.67. The summed E-state index contributed by atoms with van der Waals surface area (Å²) >= 11 is 3.52. The molecule has 1 spiro atoms. The molecule has 2 aliphatic rings. The molecule has 0 aromatic heterocycles. The first-order valence-corrected chi connectivity index (χ1v) is 8.85. The lowest BCUT2D eigenvalue weighted by molar-refractivity contribution is 0.0347. The van der Waals surface area contributed by atoms with Crippen molar-refractivity contribution < 1.29 is 4.39 Å². The first-order chi connectivity index (χ1) is 10.1. The topological polar surface area (TPSA) is 15.3 Å². The summed E-state index contributed by atoms with van der Waals surface area (Å²) in [6.45, 7) is 5.36. The van der Waals surface area contributed by atoms with E-state index in [1.807, 2.05) is 6.07 Å². The monoisotopic (exact) mass is 354 g/mol. The molecule has 0 amide bonds. The number of nitrogens with zero attached hydrogens (tertiary/aromatic N) is 1. The molecule has 1 aliphatic heterocycles. The van der Waals surface area contributed by atoms with E-state index in [1.54, 1.807) is 12.1 Å². The number of rotatable bonds is 3. The zero-order valence-corrected chi connectivity index (χ0v) is 14.3. The fourth-order valence-corrected chi connectivity index (χ4v) is 4.33. The van der Waals surface area contributed by atoms with Crippen molar-refractivity contribution >= 4 is 15.9 Å². The van der Waals surface area contributed by atoms with E-state index in [-0.39, 0.29) is 5.82 Å². The number of hydrogen-bond donors (Lipinski definition) is 1. The normalized spacial score (nSPS) is 25.6. The molecule has 2 nitrogen and oxygen atoms in total. The van der Waals surface area contributed by atoms with Crippen LogP contribution in [0.3, 0.4) is 0 Å². The van der Waals surface area contributed by atoms with E-state index in [0.717, 1.165) is 30.5 Å². The molecule has 1 N–H and O–H groups in total. The van der Waals surface area contributed by atoms with Crippen LogP contribution in [0.4, 0.5) is 4.39 Å². The molecular formula is C17H24BrFN2. The molecule has 1 aliphatic carbocycles. The van der Waals surface area contributed by atoms with Crippen LogP contribution in [0.15, 0.2) is 22.7 Å². The van der Waals surface area contributed by atoms with E-state index in [2.05, 4.69) is 33.1 Å². The zero-order valence-electron chi connectivity index (χ0n) is 12.7. The highest BCUT2D eigenvalue weighted by Gasteiger charge is 2.43. The van der Waals surface area contributed by atoms with Gasteiger partial charge in [-0.2, -0.15) is 0 Å². The van der Waals surface area contributed by atoms with Gasteiger partial charge in [-0.1, -0.05) is 41.8 Å². The number of benzene rings is 1. The number of hydrogen-bond acceptors (Lipinski definition) is 2. The Labute approximate surface area is 135 Å². The molecule has 2 fully saturated rings. The summed E-state index contributed by atoms with van der Waals surface area (Å²) in [6.07, 6.45) is 6.40. The van der Waals surface area contributed by atoms with Gasteiger partial charge in [0.1, 0.15) is 5.82 Å². The van der Waals surface area contributed by atoms with Gasteiger partial charge < -0.3 is 5.32 Å². The molecule has 1 aromatic rings. The Morgan fingerprint density at radius 3 is 2.81 bits per heavy atom. The summed E-state index contributed by atoms with van der Waals surface area (Å²) in [6, 6.07) is 5.65. The molecule has 1 heterocycles. The van der Waals surface area contributed by atoms with Gasteiger partial charge in [0.25, 0.3) is 0 Å². The van der Waals surface area contributed by atoms with E-state index in [9.17, 15) is 4.39 Å². The summed E-state index contributed by atoms with van der Waals surface area (Å²) in [5, 5.41) is 3.73. The lowest BCUT2D eigenvalue weighted by Crippen LogP contribution is -2.62. The van der Waals surface area contributed by atoms with Gasteiger partial charge in [0.2, 0.25) is 0 Å². The Morgan fingerprint density at radius 1 is 1.38 bits per heavy atom. The maximum absolute atomic E-state index is 13.3. The molecule has 0 bridgehead atoms. The third kappa shape index (κ3) is 3.17. The second-order valence-electron chi connectivity index (χ2n) is 6.53. The number of piperazine rings is 1.